The van der Waals surface area contributed by atoms with E-state index < -0.39 is 0 Å². The highest BCUT2D eigenvalue weighted by molar-refractivity contribution is 5.74. The van der Waals surface area contributed by atoms with Gasteiger partial charge in [-0.2, -0.15) is 10.2 Å². The maximum atomic E-state index is 9.66. The van der Waals surface area contributed by atoms with Crippen molar-refractivity contribution in [3.63, 3.8) is 0 Å². The summed E-state index contributed by atoms with van der Waals surface area (Å²) in [6.07, 6.45) is 0. The number of phenols is 1. The van der Waals surface area contributed by atoms with E-state index in [0.717, 1.165) is 5.56 Å². The zero-order valence-corrected chi connectivity index (χ0v) is 12.3. The predicted molar refractivity (Wildman–Crippen MR) is 82.6 cm³/mol. The molecule has 0 amide bonds. The zero-order chi connectivity index (χ0) is 16.0. The molecule has 1 aromatic heterocycles. The molecule has 0 bridgehead atoms. The van der Waals surface area contributed by atoms with Gasteiger partial charge in [0.2, 0.25) is 5.88 Å². The van der Waals surface area contributed by atoms with Crippen LogP contribution in [0.5, 0.6) is 17.4 Å². The topological polar surface area (TPSA) is 118 Å². The van der Waals surface area contributed by atoms with Crippen LogP contribution in [0.2, 0.25) is 0 Å². The lowest BCUT2D eigenvalue weighted by atomic mass is 9.80. The van der Waals surface area contributed by atoms with Crippen LogP contribution >= 0.6 is 0 Å². The summed E-state index contributed by atoms with van der Waals surface area (Å²) >= 11 is 0. The molecule has 1 aliphatic rings. The highest BCUT2D eigenvalue weighted by Gasteiger charge is 2.34. The Morgan fingerprint density at radius 3 is 2.73 bits per heavy atom. The number of nitrogen functional groups attached to an aromatic ring is 2. The van der Waals surface area contributed by atoms with Crippen LogP contribution in [0.1, 0.15) is 36.5 Å². The molecule has 1 aromatic carbocycles. The van der Waals surface area contributed by atoms with Crippen LogP contribution in [0, 0.1) is 17.2 Å². The number of aromatic hydroxyl groups is 1. The predicted octanol–water partition coefficient (Wildman–Crippen LogP) is 2.72. The fraction of sp³-hybridized carbons (Fsp3) is 0.250. The number of phenolic OH excluding ortho intramolecular Hbond substituents is 1. The van der Waals surface area contributed by atoms with Gasteiger partial charge in [-0.1, -0.05) is 19.9 Å². The van der Waals surface area contributed by atoms with Gasteiger partial charge >= 0.3 is 0 Å². The molecule has 6 heteroatoms. The van der Waals surface area contributed by atoms with Crippen molar-refractivity contribution in [2.24, 2.45) is 5.92 Å². The third-order valence-electron chi connectivity index (χ3n) is 3.90. The van der Waals surface area contributed by atoms with E-state index in [-0.39, 0.29) is 29.0 Å². The first-order valence-electron chi connectivity index (χ1n) is 6.93. The van der Waals surface area contributed by atoms with Crippen molar-refractivity contribution in [1.29, 1.82) is 5.26 Å². The van der Waals surface area contributed by atoms with Gasteiger partial charge in [0.25, 0.3) is 0 Å². The van der Waals surface area contributed by atoms with Crippen molar-refractivity contribution >= 4 is 11.5 Å². The van der Waals surface area contributed by atoms with Crippen LogP contribution in [0.4, 0.5) is 11.5 Å². The summed E-state index contributed by atoms with van der Waals surface area (Å²) < 4.78 is 5.76. The number of fused-ring (bicyclic) bond motifs is 2. The summed E-state index contributed by atoms with van der Waals surface area (Å²) in [7, 11) is 0. The molecule has 6 nitrogen and oxygen atoms in total. The minimum Gasteiger partial charge on any atom is -0.508 e. The molecule has 0 saturated heterocycles. The number of nitrogens with zero attached hydrogens (tertiary/aromatic N) is 2. The van der Waals surface area contributed by atoms with Gasteiger partial charge in [0.15, 0.2) is 0 Å². The van der Waals surface area contributed by atoms with Crippen LogP contribution in [0.25, 0.3) is 0 Å². The summed E-state index contributed by atoms with van der Waals surface area (Å²) in [5.41, 5.74) is 14.0. The van der Waals surface area contributed by atoms with Gasteiger partial charge in [0.05, 0.1) is 5.69 Å². The van der Waals surface area contributed by atoms with Crippen LogP contribution in [-0.4, -0.2) is 10.1 Å². The molecule has 2 heterocycles. The molecule has 0 radical (unpaired) electrons. The first-order chi connectivity index (χ1) is 10.4. The second kappa shape index (κ2) is 4.81. The number of benzene rings is 1. The van der Waals surface area contributed by atoms with Crippen LogP contribution in [0.15, 0.2) is 18.2 Å². The fourth-order valence-electron chi connectivity index (χ4n) is 2.93. The van der Waals surface area contributed by atoms with E-state index in [9.17, 15) is 10.4 Å². The van der Waals surface area contributed by atoms with Crippen molar-refractivity contribution in [2.45, 2.75) is 19.8 Å². The number of ether oxygens (including phenoxy) is 1. The highest BCUT2D eigenvalue weighted by atomic mass is 16.5. The number of hydrogen-bond acceptors (Lipinski definition) is 6. The molecule has 5 N–H and O–H groups in total. The van der Waals surface area contributed by atoms with Crippen molar-refractivity contribution in [3.8, 4) is 23.4 Å². The average molecular weight is 296 g/mol. The Balaban J connectivity index is 2.31. The first-order valence-corrected chi connectivity index (χ1v) is 6.93. The molecule has 1 atom stereocenters. The van der Waals surface area contributed by atoms with Gasteiger partial charge in [-0.05, 0) is 12.0 Å². The third kappa shape index (κ3) is 1.91. The van der Waals surface area contributed by atoms with Gasteiger partial charge < -0.3 is 21.3 Å². The van der Waals surface area contributed by atoms with Gasteiger partial charge in [0, 0.05) is 23.1 Å². The number of pyridine rings is 1. The molecule has 0 saturated carbocycles. The van der Waals surface area contributed by atoms with E-state index >= 15 is 0 Å². The van der Waals surface area contributed by atoms with Gasteiger partial charge in [-0.15, -0.1) is 0 Å². The van der Waals surface area contributed by atoms with E-state index in [4.69, 9.17) is 16.2 Å². The Hall–Kier alpha value is -2.94. The SMILES string of the molecule is CC(C)C1c2ccc(O)cc2Oc2nc(N)c(C#N)c(N)c21. The number of aromatic nitrogens is 1. The fourth-order valence-corrected chi connectivity index (χ4v) is 2.93. The normalized spacial score (nSPS) is 15.6. The molecule has 0 aliphatic carbocycles. The maximum absolute atomic E-state index is 9.66. The molecule has 3 rings (SSSR count). The number of nitrogens with two attached hydrogens (primary N) is 2. The highest BCUT2D eigenvalue weighted by Crippen LogP contribution is 2.50. The number of rotatable bonds is 1. The van der Waals surface area contributed by atoms with Crippen molar-refractivity contribution in [1.82, 2.24) is 4.98 Å². The first kappa shape index (κ1) is 14.0. The zero-order valence-electron chi connectivity index (χ0n) is 12.3. The number of hydrogen-bond donors (Lipinski definition) is 3. The summed E-state index contributed by atoms with van der Waals surface area (Å²) in [5, 5.41) is 18.9. The lowest BCUT2D eigenvalue weighted by molar-refractivity contribution is 0.399. The van der Waals surface area contributed by atoms with Crippen molar-refractivity contribution in [3.05, 3.63) is 34.9 Å². The van der Waals surface area contributed by atoms with E-state index in [1.807, 2.05) is 6.07 Å². The lowest BCUT2D eigenvalue weighted by Crippen LogP contribution is -2.19. The third-order valence-corrected chi connectivity index (χ3v) is 3.90. The quantitative estimate of drug-likeness (QED) is 0.744. The summed E-state index contributed by atoms with van der Waals surface area (Å²) in [6, 6.07) is 6.95. The van der Waals surface area contributed by atoms with E-state index in [0.29, 0.717) is 22.9 Å². The summed E-state index contributed by atoms with van der Waals surface area (Å²) in [5.74, 6) is 1.10. The molecule has 112 valence electrons. The molecular formula is C16H16N4O2. The lowest BCUT2D eigenvalue weighted by Gasteiger charge is -2.31. The molecule has 0 fully saturated rings. The Labute approximate surface area is 128 Å². The van der Waals surface area contributed by atoms with Gasteiger partial charge in [-0.3, -0.25) is 0 Å². The minimum atomic E-state index is -0.0838. The number of nitriles is 1. The molecule has 1 aliphatic heterocycles. The van der Waals surface area contributed by atoms with E-state index in [2.05, 4.69) is 18.8 Å². The maximum Gasteiger partial charge on any atom is 0.227 e. The van der Waals surface area contributed by atoms with E-state index in [1.54, 1.807) is 18.2 Å². The molecule has 1 unspecified atom stereocenters. The van der Waals surface area contributed by atoms with Gasteiger partial charge in [-0.25, -0.2) is 0 Å². The molecule has 0 spiro atoms. The summed E-state index contributed by atoms with van der Waals surface area (Å²) in [6.45, 7) is 4.11. The summed E-state index contributed by atoms with van der Waals surface area (Å²) in [4.78, 5) is 4.18. The monoisotopic (exact) mass is 296 g/mol. The van der Waals surface area contributed by atoms with Crippen molar-refractivity contribution in [2.75, 3.05) is 11.5 Å². The average Bonchev–Trinajstić information content (AvgIpc) is 2.45. The Morgan fingerprint density at radius 2 is 2.09 bits per heavy atom. The van der Waals surface area contributed by atoms with Crippen molar-refractivity contribution < 1.29 is 9.84 Å². The number of anilines is 2. The van der Waals surface area contributed by atoms with Crippen LogP contribution in [-0.2, 0) is 0 Å². The van der Waals surface area contributed by atoms with Gasteiger partial charge in [0.1, 0.15) is 28.9 Å². The largest absolute Gasteiger partial charge is 0.508 e. The molecular weight excluding hydrogens is 280 g/mol. The van der Waals surface area contributed by atoms with E-state index in [1.165, 1.54) is 0 Å². The molecule has 22 heavy (non-hydrogen) atoms. The second-order valence-electron chi connectivity index (χ2n) is 5.66. The standard InChI is InChI=1S/C16H16N4O2/c1-7(2)12-9-4-3-8(21)5-11(9)22-16-13(12)14(18)10(6-17)15(19)20-16/h3-5,7,12,21H,1-2H3,(H4,18,19,20). The Bertz CT molecular complexity index is 809. The Kier molecular flexibility index (Phi) is 3.06. The van der Waals surface area contributed by atoms with Crippen LogP contribution in [0.3, 0.4) is 0 Å². The second-order valence-corrected chi connectivity index (χ2v) is 5.66. The Morgan fingerprint density at radius 1 is 1.36 bits per heavy atom. The molecule has 2 aromatic rings. The minimum absolute atomic E-state index is 0.0462. The van der Waals surface area contributed by atoms with Crippen LogP contribution < -0.4 is 16.2 Å². The smallest absolute Gasteiger partial charge is 0.227 e.